The van der Waals surface area contributed by atoms with Crippen LogP contribution in [0.25, 0.3) is 16.8 Å². The molecule has 0 spiro atoms. The van der Waals surface area contributed by atoms with Gasteiger partial charge < -0.3 is 15.0 Å². The van der Waals surface area contributed by atoms with E-state index in [1.165, 1.54) is 12.8 Å². The molecular weight excluding hydrogens is 510 g/mol. The van der Waals surface area contributed by atoms with Crippen molar-refractivity contribution < 1.29 is 9.53 Å². The Hall–Kier alpha value is -2.62. The summed E-state index contributed by atoms with van der Waals surface area (Å²) in [4.78, 5) is 19.8. The van der Waals surface area contributed by atoms with Crippen LogP contribution in [0.4, 0.5) is 10.6 Å². The molecule has 10 heteroatoms. The second-order valence-electron chi connectivity index (χ2n) is 10.7. The lowest BCUT2D eigenvalue weighted by Gasteiger charge is -2.34. The molecule has 1 atom stereocenters. The summed E-state index contributed by atoms with van der Waals surface area (Å²) < 4.78 is 10.3. The third-order valence-electron chi connectivity index (χ3n) is 6.79. The first-order valence-corrected chi connectivity index (χ1v) is 13.3. The van der Waals surface area contributed by atoms with Crippen molar-refractivity contribution in [1.29, 1.82) is 0 Å². The van der Waals surface area contributed by atoms with Gasteiger partial charge in [0.1, 0.15) is 11.4 Å². The molecule has 35 heavy (non-hydrogen) atoms. The molecule has 2 fully saturated rings. The number of nitrogens with one attached hydrogen (secondary N) is 1. The second kappa shape index (κ2) is 9.44. The average molecular weight is 544 g/mol. The number of aromatic nitrogens is 5. The third kappa shape index (κ3) is 5.03. The molecule has 1 saturated carbocycles. The van der Waals surface area contributed by atoms with Gasteiger partial charge in [-0.1, -0.05) is 12.8 Å². The van der Waals surface area contributed by atoms with Gasteiger partial charge >= 0.3 is 6.09 Å². The highest BCUT2D eigenvalue weighted by Crippen LogP contribution is 2.38. The van der Waals surface area contributed by atoms with Crippen LogP contribution in [0.1, 0.15) is 70.9 Å². The Balaban J connectivity index is 1.55. The summed E-state index contributed by atoms with van der Waals surface area (Å²) in [6, 6.07) is 0.417. The third-order valence-corrected chi connectivity index (χ3v) is 7.57. The lowest BCUT2D eigenvalue weighted by molar-refractivity contribution is 0.0197. The quantitative estimate of drug-likeness (QED) is 0.476. The first-order chi connectivity index (χ1) is 16.7. The SMILES string of the molecule is Cn1cc(-c2cnn3c(NC4CCCC4)c(Br)c(C4CCCN(C(=O)OC(C)(C)C)C4)nc23)cn1. The molecule has 1 amide bonds. The summed E-state index contributed by atoms with van der Waals surface area (Å²) in [6.45, 7) is 6.99. The molecule has 188 valence electrons. The van der Waals surface area contributed by atoms with Crippen molar-refractivity contribution >= 4 is 33.5 Å². The van der Waals surface area contributed by atoms with E-state index >= 15 is 0 Å². The first kappa shape index (κ1) is 24.1. The van der Waals surface area contributed by atoms with Crippen LogP contribution < -0.4 is 5.32 Å². The molecular formula is C25H34BrN7O2. The number of anilines is 1. The predicted molar refractivity (Wildman–Crippen MR) is 139 cm³/mol. The summed E-state index contributed by atoms with van der Waals surface area (Å²) in [5, 5.41) is 12.8. The minimum absolute atomic E-state index is 0.0939. The van der Waals surface area contributed by atoms with Crippen molar-refractivity contribution in [3.05, 3.63) is 28.8 Å². The highest BCUT2D eigenvalue weighted by atomic mass is 79.9. The van der Waals surface area contributed by atoms with Crippen molar-refractivity contribution in [2.24, 2.45) is 7.05 Å². The normalized spacial score (nSPS) is 19.5. The summed E-state index contributed by atoms with van der Waals surface area (Å²) in [5.74, 6) is 1.03. The van der Waals surface area contributed by atoms with Gasteiger partial charge in [0, 0.05) is 49.4 Å². The molecule has 2 aliphatic rings. The Labute approximate surface area is 214 Å². The van der Waals surface area contributed by atoms with Gasteiger partial charge in [0.05, 0.1) is 22.6 Å². The van der Waals surface area contributed by atoms with E-state index in [1.807, 2.05) is 55.8 Å². The molecule has 1 unspecified atom stereocenters. The number of likely N-dealkylation sites (tertiary alicyclic amines) is 1. The second-order valence-corrected chi connectivity index (χ2v) is 11.5. The molecule has 1 saturated heterocycles. The monoisotopic (exact) mass is 543 g/mol. The number of hydrogen-bond donors (Lipinski definition) is 1. The van der Waals surface area contributed by atoms with Gasteiger partial charge in [-0.3, -0.25) is 4.68 Å². The van der Waals surface area contributed by atoms with E-state index in [1.54, 1.807) is 4.68 Å². The van der Waals surface area contributed by atoms with Gasteiger partial charge in [0.2, 0.25) is 0 Å². The number of halogens is 1. The van der Waals surface area contributed by atoms with Gasteiger partial charge in [0.15, 0.2) is 5.65 Å². The summed E-state index contributed by atoms with van der Waals surface area (Å²) in [6.07, 6.45) is 12.1. The maximum atomic E-state index is 12.8. The minimum Gasteiger partial charge on any atom is -0.444 e. The number of ether oxygens (including phenoxy) is 1. The highest BCUT2D eigenvalue weighted by Gasteiger charge is 2.32. The summed E-state index contributed by atoms with van der Waals surface area (Å²) >= 11 is 3.88. The van der Waals surface area contributed by atoms with Crippen LogP contribution in [0.15, 0.2) is 23.1 Å². The molecule has 0 radical (unpaired) electrons. The molecule has 0 aromatic carbocycles. The van der Waals surface area contributed by atoms with Crippen molar-refractivity contribution in [2.75, 3.05) is 18.4 Å². The van der Waals surface area contributed by atoms with Crippen molar-refractivity contribution in [2.45, 2.75) is 76.9 Å². The Kier molecular flexibility index (Phi) is 6.50. The van der Waals surface area contributed by atoms with Crippen LogP contribution in [0.5, 0.6) is 0 Å². The van der Waals surface area contributed by atoms with Crippen LogP contribution in [0.3, 0.4) is 0 Å². The number of nitrogens with zero attached hydrogens (tertiary/aromatic N) is 6. The van der Waals surface area contributed by atoms with Gasteiger partial charge in [-0.05, 0) is 62.4 Å². The molecule has 3 aromatic heterocycles. The number of piperidine rings is 1. The maximum Gasteiger partial charge on any atom is 0.410 e. The van der Waals surface area contributed by atoms with Crippen LogP contribution in [0, 0.1) is 0 Å². The zero-order valence-electron chi connectivity index (χ0n) is 20.9. The first-order valence-electron chi connectivity index (χ1n) is 12.5. The van der Waals surface area contributed by atoms with Crippen LogP contribution in [-0.2, 0) is 11.8 Å². The van der Waals surface area contributed by atoms with E-state index in [0.717, 1.165) is 58.4 Å². The Morgan fingerprint density at radius 1 is 1.14 bits per heavy atom. The molecule has 1 aliphatic carbocycles. The van der Waals surface area contributed by atoms with Crippen molar-refractivity contribution in [3.63, 3.8) is 0 Å². The highest BCUT2D eigenvalue weighted by molar-refractivity contribution is 9.10. The fraction of sp³-hybridized carbons (Fsp3) is 0.600. The van der Waals surface area contributed by atoms with Crippen molar-refractivity contribution in [1.82, 2.24) is 29.3 Å². The minimum atomic E-state index is -0.517. The predicted octanol–water partition coefficient (Wildman–Crippen LogP) is 5.36. The lowest BCUT2D eigenvalue weighted by atomic mass is 9.94. The number of hydrogen-bond acceptors (Lipinski definition) is 6. The summed E-state index contributed by atoms with van der Waals surface area (Å²) in [7, 11) is 1.91. The Bertz CT molecular complexity index is 1220. The van der Waals surface area contributed by atoms with E-state index < -0.39 is 5.60 Å². The molecule has 3 aromatic rings. The van der Waals surface area contributed by atoms with E-state index in [9.17, 15) is 4.79 Å². The Morgan fingerprint density at radius 2 is 1.91 bits per heavy atom. The smallest absolute Gasteiger partial charge is 0.410 e. The van der Waals surface area contributed by atoms with Crippen LogP contribution in [0.2, 0.25) is 0 Å². The van der Waals surface area contributed by atoms with Gasteiger partial charge in [-0.2, -0.15) is 14.7 Å². The number of carbonyl (C=O) groups is 1. The zero-order chi connectivity index (χ0) is 24.7. The largest absolute Gasteiger partial charge is 0.444 e. The molecule has 4 heterocycles. The molecule has 1 N–H and O–H groups in total. The topological polar surface area (TPSA) is 89.6 Å². The van der Waals surface area contributed by atoms with Gasteiger partial charge in [-0.15, -0.1) is 0 Å². The number of fused-ring (bicyclic) bond motifs is 1. The number of rotatable bonds is 4. The van der Waals surface area contributed by atoms with Gasteiger partial charge in [0.25, 0.3) is 0 Å². The molecule has 1 aliphatic heterocycles. The standard InChI is InChI=1S/C25H34BrN7O2/c1-25(2,3)35-24(34)32-11-7-8-16(15-32)21-20(26)23(29-18-9-5-6-10-18)33-22(30-21)19(13-28-33)17-12-27-31(4)14-17/h12-14,16,18,29H,5-11,15H2,1-4H3. The fourth-order valence-corrected chi connectivity index (χ4v) is 5.80. The van der Waals surface area contributed by atoms with Crippen LogP contribution in [-0.4, -0.2) is 60.1 Å². The van der Waals surface area contributed by atoms with E-state index in [0.29, 0.717) is 19.1 Å². The lowest BCUT2D eigenvalue weighted by Crippen LogP contribution is -2.42. The number of carbonyl (C=O) groups excluding carboxylic acids is 1. The fourth-order valence-electron chi connectivity index (χ4n) is 5.11. The van der Waals surface area contributed by atoms with Crippen molar-refractivity contribution in [3.8, 4) is 11.1 Å². The molecule has 5 rings (SSSR count). The number of aryl methyl sites for hydroxylation is 1. The van der Waals surface area contributed by atoms with E-state index in [-0.39, 0.29) is 12.0 Å². The average Bonchev–Trinajstić information content (AvgIpc) is 3.55. The van der Waals surface area contributed by atoms with E-state index in [4.69, 9.17) is 14.8 Å². The van der Waals surface area contributed by atoms with Gasteiger partial charge in [-0.25, -0.2) is 9.78 Å². The zero-order valence-corrected chi connectivity index (χ0v) is 22.5. The molecule has 0 bridgehead atoms. The summed E-state index contributed by atoms with van der Waals surface area (Å²) in [5.41, 5.74) is 3.16. The van der Waals surface area contributed by atoms with E-state index in [2.05, 4.69) is 26.3 Å². The Morgan fingerprint density at radius 3 is 2.60 bits per heavy atom. The van der Waals surface area contributed by atoms with Crippen LogP contribution >= 0.6 is 15.9 Å². The number of amides is 1. The maximum absolute atomic E-state index is 12.8. The molecule has 9 nitrogen and oxygen atoms in total.